The fourth-order valence-electron chi connectivity index (χ4n) is 1.85. The molecule has 15 heavy (non-hydrogen) atoms. The molecule has 1 fully saturated rings. The number of aromatic amines is 1. The average Bonchev–Trinajstić information content (AvgIpc) is 2.71. The van der Waals surface area contributed by atoms with Gasteiger partial charge in [-0.15, -0.1) is 0 Å². The van der Waals surface area contributed by atoms with Crippen molar-refractivity contribution in [1.82, 2.24) is 15.1 Å². The summed E-state index contributed by atoms with van der Waals surface area (Å²) in [6.07, 6.45) is 5.60. The van der Waals surface area contributed by atoms with E-state index in [9.17, 15) is 0 Å². The van der Waals surface area contributed by atoms with Gasteiger partial charge in [0.15, 0.2) is 0 Å². The van der Waals surface area contributed by atoms with Crippen LogP contribution in [0.1, 0.15) is 19.3 Å². The predicted octanol–water partition coefficient (Wildman–Crippen LogP) is 1.79. The van der Waals surface area contributed by atoms with Crippen molar-refractivity contribution in [2.45, 2.75) is 19.3 Å². The van der Waals surface area contributed by atoms with Crippen LogP contribution in [-0.4, -0.2) is 34.7 Å². The van der Waals surface area contributed by atoms with E-state index in [2.05, 4.69) is 21.7 Å². The molecular weight excluding hydrogens is 190 g/mol. The zero-order chi connectivity index (χ0) is 10.5. The van der Waals surface area contributed by atoms with Crippen LogP contribution in [0.25, 0.3) is 0 Å². The maximum atomic E-state index is 5.50. The third-order valence-electron chi connectivity index (χ3n) is 2.58. The maximum absolute atomic E-state index is 5.50. The van der Waals surface area contributed by atoms with Gasteiger partial charge in [0.1, 0.15) is 5.76 Å². The predicted molar refractivity (Wildman–Crippen MR) is 58.6 cm³/mol. The molecule has 2 heterocycles. The van der Waals surface area contributed by atoms with Crippen LogP contribution >= 0.6 is 0 Å². The molecule has 0 atom stereocenters. The highest BCUT2D eigenvalue weighted by Crippen LogP contribution is 2.12. The minimum Gasteiger partial charge on any atom is -0.443 e. The molecule has 1 aromatic rings. The lowest BCUT2D eigenvalue weighted by Crippen LogP contribution is -2.32. The van der Waals surface area contributed by atoms with E-state index in [1.807, 2.05) is 0 Å². The molecular formula is C11H17N3O. The van der Waals surface area contributed by atoms with Gasteiger partial charge in [-0.3, -0.25) is 4.90 Å². The van der Waals surface area contributed by atoms with Crippen molar-refractivity contribution in [3.8, 4) is 5.88 Å². The van der Waals surface area contributed by atoms with Gasteiger partial charge in [-0.05, 0) is 25.9 Å². The second-order valence-electron chi connectivity index (χ2n) is 3.90. The Labute approximate surface area is 89.9 Å². The lowest BCUT2D eigenvalue weighted by atomic mass is 10.1. The first-order chi connectivity index (χ1) is 7.34. The third kappa shape index (κ3) is 3.09. The average molecular weight is 207 g/mol. The Morgan fingerprint density at radius 2 is 2.27 bits per heavy atom. The van der Waals surface area contributed by atoms with E-state index in [-0.39, 0.29) is 0 Å². The van der Waals surface area contributed by atoms with Gasteiger partial charge in [0.2, 0.25) is 5.88 Å². The van der Waals surface area contributed by atoms with E-state index < -0.39 is 0 Å². The van der Waals surface area contributed by atoms with E-state index in [0.717, 1.165) is 25.4 Å². The topological polar surface area (TPSA) is 41.1 Å². The molecule has 0 amide bonds. The van der Waals surface area contributed by atoms with E-state index in [0.29, 0.717) is 5.88 Å². The normalized spacial score (nSPS) is 17.6. The number of ether oxygens (including phenoxy) is 1. The zero-order valence-electron chi connectivity index (χ0n) is 8.91. The van der Waals surface area contributed by atoms with Gasteiger partial charge in [-0.25, -0.2) is 5.10 Å². The Kier molecular flexibility index (Phi) is 3.40. The molecule has 0 spiro atoms. The van der Waals surface area contributed by atoms with Crippen LogP contribution in [0, 0.1) is 0 Å². The van der Waals surface area contributed by atoms with Gasteiger partial charge >= 0.3 is 0 Å². The molecule has 4 heteroatoms. The molecule has 0 radical (unpaired) electrons. The lowest BCUT2D eigenvalue weighted by molar-refractivity contribution is 0.218. The van der Waals surface area contributed by atoms with Crippen LogP contribution in [0.15, 0.2) is 24.6 Å². The number of nitrogens with one attached hydrogen (secondary N) is 1. The van der Waals surface area contributed by atoms with E-state index in [4.69, 9.17) is 4.74 Å². The first-order valence-electron chi connectivity index (χ1n) is 5.42. The van der Waals surface area contributed by atoms with Gasteiger partial charge < -0.3 is 4.74 Å². The minimum absolute atomic E-state index is 0.664. The first kappa shape index (κ1) is 10.2. The molecule has 1 aromatic heterocycles. The van der Waals surface area contributed by atoms with E-state index >= 15 is 0 Å². The fourth-order valence-corrected chi connectivity index (χ4v) is 1.85. The summed E-state index contributed by atoms with van der Waals surface area (Å²) >= 11 is 0. The molecule has 2 rings (SSSR count). The SMILES string of the molecule is C=C(CN1CCCCC1)Oc1ccn[nH]1. The Bertz CT molecular complexity index is 302. The summed E-state index contributed by atoms with van der Waals surface area (Å²) in [5.41, 5.74) is 0. The van der Waals surface area contributed by atoms with Gasteiger partial charge in [-0.2, -0.15) is 5.10 Å². The van der Waals surface area contributed by atoms with Crippen LogP contribution < -0.4 is 4.74 Å². The molecule has 1 N–H and O–H groups in total. The van der Waals surface area contributed by atoms with Crippen molar-refractivity contribution >= 4 is 0 Å². The molecule has 0 bridgehead atoms. The molecule has 4 nitrogen and oxygen atoms in total. The molecule has 0 unspecified atom stereocenters. The molecule has 0 aliphatic carbocycles. The molecule has 0 saturated carbocycles. The minimum atomic E-state index is 0.664. The monoisotopic (exact) mass is 207 g/mol. The molecule has 0 aromatic carbocycles. The van der Waals surface area contributed by atoms with Crippen molar-refractivity contribution in [3.05, 3.63) is 24.6 Å². The van der Waals surface area contributed by atoms with Crippen molar-refractivity contribution in [1.29, 1.82) is 0 Å². The summed E-state index contributed by atoms with van der Waals surface area (Å²) in [5, 5.41) is 6.57. The smallest absolute Gasteiger partial charge is 0.214 e. The summed E-state index contributed by atoms with van der Waals surface area (Å²) in [6, 6.07) is 1.79. The highest BCUT2D eigenvalue weighted by Gasteiger charge is 2.11. The Balaban J connectivity index is 1.76. The number of piperidine rings is 1. The van der Waals surface area contributed by atoms with Crippen LogP contribution in [-0.2, 0) is 0 Å². The second kappa shape index (κ2) is 4.98. The van der Waals surface area contributed by atoms with Gasteiger partial charge in [0.05, 0.1) is 12.7 Å². The summed E-state index contributed by atoms with van der Waals surface area (Å²) in [7, 11) is 0. The Hall–Kier alpha value is -1.29. The van der Waals surface area contributed by atoms with Crippen LogP contribution in [0.3, 0.4) is 0 Å². The number of nitrogens with zero attached hydrogens (tertiary/aromatic N) is 2. The van der Waals surface area contributed by atoms with Gasteiger partial charge in [-0.1, -0.05) is 13.0 Å². The molecule has 1 aliphatic rings. The molecule has 1 aliphatic heterocycles. The third-order valence-corrected chi connectivity index (χ3v) is 2.58. The van der Waals surface area contributed by atoms with Gasteiger partial charge in [0, 0.05) is 6.07 Å². The Morgan fingerprint density at radius 1 is 1.47 bits per heavy atom. The zero-order valence-corrected chi connectivity index (χ0v) is 8.91. The number of hydrogen-bond acceptors (Lipinski definition) is 3. The number of hydrogen-bond donors (Lipinski definition) is 1. The van der Waals surface area contributed by atoms with Crippen LogP contribution in [0.2, 0.25) is 0 Å². The summed E-state index contributed by atoms with van der Waals surface area (Å²) in [5.74, 6) is 1.44. The molecule has 82 valence electrons. The highest BCUT2D eigenvalue weighted by atomic mass is 16.5. The largest absolute Gasteiger partial charge is 0.443 e. The second-order valence-corrected chi connectivity index (χ2v) is 3.90. The lowest BCUT2D eigenvalue weighted by Gasteiger charge is -2.26. The van der Waals surface area contributed by atoms with E-state index in [1.165, 1.54) is 19.3 Å². The van der Waals surface area contributed by atoms with Crippen LogP contribution in [0.5, 0.6) is 5.88 Å². The van der Waals surface area contributed by atoms with Crippen molar-refractivity contribution in [2.75, 3.05) is 19.6 Å². The van der Waals surface area contributed by atoms with Crippen molar-refractivity contribution in [3.63, 3.8) is 0 Å². The van der Waals surface area contributed by atoms with Crippen LogP contribution in [0.4, 0.5) is 0 Å². The van der Waals surface area contributed by atoms with Gasteiger partial charge in [0.25, 0.3) is 0 Å². The quantitative estimate of drug-likeness (QED) is 0.765. The van der Waals surface area contributed by atoms with E-state index in [1.54, 1.807) is 12.3 Å². The fraction of sp³-hybridized carbons (Fsp3) is 0.545. The summed E-state index contributed by atoms with van der Waals surface area (Å²) in [6.45, 7) is 7.05. The maximum Gasteiger partial charge on any atom is 0.214 e. The summed E-state index contributed by atoms with van der Waals surface area (Å²) < 4.78 is 5.50. The highest BCUT2D eigenvalue weighted by molar-refractivity contribution is 5.09. The Morgan fingerprint density at radius 3 is 2.93 bits per heavy atom. The van der Waals surface area contributed by atoms with Crippen molar-refractivity contribution in [2.24, 2.45) is 0 Å². The standard InChI is InChI=1S/C11H17N3O/c1-10(15-11-5-6-12-13-11)9-14-7-3-2-4-8-14/h5-6H,1-4,7-9H2,(H,12,13). The molecule has 1 saturated heterocycles. The number of aromatic nitrogens is 2. The summed E-state index contributed by atoms with van der Waals surface area (Å²) in [4.78, 5) is 2.38. The number of likely N-dealkylation sites (tertiary alicyclic amines) is 1. The number of H-pyrrole nitrogens is 1. The van der Waals surface area contributed by atoms with Crippen molar-refractivity contribution < 1.29 is 4.74 Å². The first-order valence-corrected chi connectivity index (χ1v) is 5.42. The number of rotatable bonds is 4.